The average molecular weight is 641 g/mol. The molecule has 0 amide bonds. The lowest BCUT2D eigenvalue weighted by Gasteiger charge is -2.28. The van der Waals surface area contributed by atoms with Crippen LogP contribution in [0.25, 0.3) is 87.6 Å². The maximum Gasteiger partial charge on any atom is 0.139 e. The Hall–Kier alpha value is -5.14. The Morgan fingerprint density at radius 3 is 1.31 bits per heavy atom. The highest BCUT2D eigenvalue weighted by molar-refractivity contribution is 6.71. The first-order chi connectivity index (χ1) is 24.6. The molecule has 9 aromatic rings. The van der Waals surface area contributed by atoms with E-state index in [0.29, 0.717) is 0 Å². The highest BCUT2D eigenvalue weighted by atomic mass is 16.3. The van der Waals surface area contributed by atoms with E-state index in [4.69, 9.17) is 4.42 Å². The zero-order valence-electron chi connectivity index (χ0n) is 30.8. The molecule has 0 saturated carbocycles. The molecule has 1 aromatic heterocycles. The van der Waals surface area contributed by atoms with E-state index < -0.39 is 0 Å². The average Bonchev–Trinajstić information content (AvgIpc) is 3.54. The molecule has 0 saturated heterocycles. The monoisotopic (exact) mass is 642 g/mol. The Labute approximate surface area is 306 Å². The van der Waals surface area contributed by atoms with Crippen molar-refractivity contribution in [1.29, 1.82) is 0 Å². The summed E-state index contributed by atoms with van der Waals surface area (Å²) in [5, 5.41) is 10.2. The maximum atomic E-state index is 6.50. The first kappa shape index (κ1) is 31.8. The van der Waals surface area contributed by atoms with E-state index >= 15 is 0 Å². The number of furan rings is 1. The fourth-order valence-corrected chi connectivity index (χ4v) is 8.80. The minimum absolute atomic E-state index is 0.930. The van der Waals surface area contributed by atoms with Crippen molar-refractivity contribution in [3.05, 3.63) is 109 Å². The Kier molecular flexibility index (Phi) is 7.30. The highest BCUT2D eigenvalue weighted by Crippen LogP contribution is 2.42. The van der Waals surface area contributed by atoms with Crippen LogP contribution in [0.4, 0.5) is 0 Å². The van der Waals surface area contributed by atoms with Crippen LogP contribution < -0.4 is 43.7 Å². The van der Waals surface area contributed by atoms with Crippen molar-refractivity contribution in [2.45, 2.75) is 0 Å². The molecular weight excluding hydrogens is 607 g/mol. The first-order valence-corrected chi connectivity index (χ1v) is 18.1. The summed E-state index contributed by atoms with van der Waals surface area (Å²) in [4.78, 5) is 0. The lowest BCUT2D eigenvalue weighted by Crippen LogP contribution is -2.50. The van der Waals surface area contributed by atoms with Gasteiger partial charge in [-0.3, -0.25) is 0 Å². The van der Waals surface area contributed by atoms with E-state index in [1.165, 1.54) is 109 Å². The summed E-state index contributed by atoms with van der Waals surface area (Å²) in [7, 11) is 18.5. The summed E-state index contributed by atoms with van der Waals surface area (Å²) in [5.41, 5.74) is 20.3. The summed E-state index contributed by atoms with van der Waals surface area (Å²) < 4.78 is 6.50. The molecule has 0 N–H and O–H groups in total. The van der Waals surface area contributed by atoms with Crippen LogP contribution in [0.15, 0.2) is 114 Å². The van der Waals surface area contributed by atoms with E-state index in [2.05, 4.69) is 172 Å². The number of para-hydroxylation sites is 1. The third-order valence-corrected chi connectivity index (χ3v) is 12.3. The molecule has 232 valence electrons. The summed E-state index contributed by atoms with van der Waals surface area (Å²) in [6.45, 7) is 0. The van der Waals surface area contributed by atoms with Crippen molar-refractivity contribution in [2.24, 2.45) is 0 Å². The van der Waals surface area contributed by atoms with Crippen LogP contribution in [0, 0.1) is 0 Å². The standard InChI is InChI=1S/C42H34B8O/c43-35-31-29(23-13-12-21-16-20(10-11-22(21)17-23)19-6-2-1-3-7-19)32-34(38(46)42(50)40(48)36(32)44)30(33(31)37(45)41(49)39(35)47)24-14-15-26-25-8-4-5-9-27(25)51-28(26)18-24/h1-18H,43-50H2. The smallest absolute Gasteiger partial charge is 0.139 e. The van der Waals surface area contributed by atoms with Gasteiger partial charge in [-0.25, -0.2) is 0 Å². The molecule has 51 heavy (non-hydrogen) atoms. The van der Waals surface area contributed by atoms with Crippen molar-refractivity contribution in [3.63, 3.8) is 0 Å². The summed E-state index contributed by atoms with van der Waals surface area (Å²) in [5.74, 6) is 0. The van der Waals surface area contributed by atoms with Crippen LogP contribution >= 0.6 is 0 Å². The lowest BCUT2D eigenvalue weighted by atomic mass is 9.59. The topological polar surface area (TPSA) is 13.1 Å². The zero-order valence-corrected chi connectivity index (χ0v) is 30.8. The van der Waals surface area contributed by atoms with Gasteiger partial charge in [0.05, 0.1) is 0 Å². The Bertz CT molecular complexity index is 2870. The molecule has 0 fully saturated rings. The highest BCUT2D eigenvalue weighted by Gasteiger charge is 2.25. The van der Waals surface area contributed by atoms with Gasteiger partial charge in [0.2, 0.25) is 0 Å². The van der Waals surface area contributed by atoms with Crippen LogP contribution in [0.3, 0.4) is 0 Å². The van der Waals surface area contributed by atoms with Crippen LogP contribution in [-0.4, -0.2) is 62.8 Å². The number of benzene rings is 8. The number of fused-ring (bicyclic) bond motifs is 6. The molecule has 0 bridgehead atoms. The van der Waals surface area contributed by atoms with Crippen LogP contribution in [0.1, 0.15) is 0 Å². The number of hydrogen-bond acceptors (Lipinski definition) is 1. The normalized spacial score (nSPS) is 11.8. The van der Waals surface area contributed by atoms with Crippen LogP contribution in [0.2, 0.25) is 0 Å². The van der Waals surface area contributed by atoms with Gasteiger partial charge >= 0.3 is 0 Å². The molecule has 0 unspecified atom stereocenters. The molecule has 0 radical (unpaired) electrons. The summed E-state index contributed by atoms with van der Waals surface area (Å²) >= 11 is 0. The third-order valence-electron chi connectivity index (χ3n) is 12.3. The summed E-state index contributed by atoms with van der Waals surface area (Å²) in [6.07, 6.45) is 0. The van der Waals surface area contributed by atoms with Gasteiger partial charge in [0.15, 0.2) is 0 Å². The van der Waals surface area contributed by atoms with E-state index in [1.807, 2.05) is 0 Å². The van der Waals surface area contributed by atoms with Gasteiger partial charge in [-0.15, -0.1) is 21.9 Å². The maximum absolute atomic E-state index is 6.50. The largest absolute Gasteiger partial charge is 0.456 e. The van der Waals surface area contributed by atoms with Crippen molar-refractivity contribution in [1.82, 2.24) is 0 Å². The molecule has 0 aliphatic carbocycles. The van der Waals surface area contributed by atoms with Gasteiger partial charge in [-0.1, -0.05) is 101 Å². The van der Waals surface area contributed by atoms with Crippen molar-refractivity contribution in [2.75, 3.05) is 0 Å². The van der Waals surface area contributed by atoms with E-state index in [9.17, 15) is 0 Å². The first-order valence-electron chi connectivity index (χ1n) is 18.1. The third kappa shape index (κ3) is 4.67. The molecule has 8 aromatic carbocycles. The minimum atomic E-state index is 0.930. The van der Waals surface area contributed by atoms with Gasteiger partial charge in [0, 0.05) is 10.8 Å². The molecule has 0 atom stereocenters. The minimum Gasteiger partial charge on any atom is -0.456 e. The molecule has 1 nitrogen and oxygen atoms in total. The van der Waals surface area contributed by atoms with Crippen LogP contribution in [0.5, 0.6) is 0 Å². The second-order valence-corrected chi connectivity index (χ2v) is 14.7. The Morgan fingerprint density at radius 2 is 0.745 bits per heavy atom. The quantitative estimate of drug-likeness (QED) is 0.163. The van der Waals surface area contributed by atoms with E-state index in [-0.39, 0.29) is 0 Å². The molecule has 9 heteroatoms. The van der Waals surface area contributed by atoms with Gasteiger partial charge in [-0.2, -0.15) is 0 Å². The molecule has 1 heterocycles. The van der Waals surface area contributed by atoms with Gasteiger partial charge in [-0.05, 0) is 96.0 Å². The van der Waals surface area contributed by atoms with E-state index in [1.54, 1.807) is 0 Å². The van der Waals surface area contributed by atoms with Crippen molar-refractivity contribution >= 4 is 161 Å². The SMILES string of the molecule is Bc1c(B)c(B)c2c(-c3ccc4c(c3)oc3ccccc34)c3c(B)c(B)c(B)c(B)c3c(-c3ccc4cc(-c5ccccc5)ccc4c3)c2c1B. The predicted octanol–water partition coefficient (Wildman–Crippen LogP) is -1.89. The van der Waals surface area contributed by atoms with Gasteiger partial charge in [0.1, 0.15) is 73.9 Å². The van der Waals surface area contributed by atoms with Crippen molar-refractivity contribution < 1.29 is 4.42 Å². The molecule has 0 aliphatic heterocycles. The van der Waals surface area contributed by atoms with E-state index in [0.717, 1.165) is 21.9 Å². The molecule has 0 spiro atoms. The fourth-order valence-electron chi connectivity index (χ4n) is 8.80. The molecule has 9 rings (SSSR count). The summed E-state index contributed by atoms with van der Waals surface area (Å²) in [6, 6.07) is 39.9. The van der Waals surface area contributed by atoms with Gasteiger partial charge < -0.3 is 4.42 Å². The Morgan fingerprint density at radius 1 is 0.314 bits per heavy atom. The molecule has 0 aliphatic rings. The molecular formula is C42H34B8O. The lowest BCUT2D eigenvalue weighted by molar-refractivity contribution is 0.669. The zero-order chi connectivity index (χ0) is 35.3. The second kappa shape index (κ2) is 11.7. The predicted molar refractivity (Wildman–Crippen MR) is 248 cm³/mol. The Balaban J connectivity index is 1.44. The van der Waals surface area contributed by atoms with Crippen molar-refractivity contribution in [3.8, 4) is 33.4 Å². The fraction of sp³-hybridized carbons (Fsp3) is 0. The number of hydrogen-bond donors (Lipinski definition) is 0. The van der Waals surface area contributed by atoms with Crippen LogP contribution in [-0.2, 0) is 0 Å². The second-order valence-electron chi connectivity index (χ2n) is 14.7. The van der Waals surface area contributed by atoms with Gasteiger partial charge in [0.25, 0.3) is 0 Å². The number of rotatable bonds is 3.